The van der Waals surface area contributed by atoms with Crippen LogP contribution in [0, 0.1) is 5.92 Å². The topological polar surface area (TPSA) is 53.2 Å². The minimum Gasteiger partial charge on any atom is -0.361 e. The van der Waals surface area contributed by atoms with Crippen LogP contribution in [0.4, 0.5) is 0 Å². The minimum absolute atomic E-state index is 0.0885. The maximum atomic E-state index is 11.7. The lowest BCUT2D eigenvalue weighted by molar-refractivity contribution is -0.121. The van der Waals surface area contributed by atoms with E-state index < -0.39 is 0 Å². The van der Waals surface area contributed by atoms with Gasteiger partial charge in [-0.3, -0.25) is 15.6 Å². The number of hydrazine groups is 1. The summed E-state index contributed by atoms with van der Waals surface area (Å²) in [5.74, 6) is 1.23. The number of nitrogens with one attached hydrogen (secondary N) is 3. The van der Waals surface area contributed by atoms with E-state index >= 15 is 0 Å². The molecule has 0 aliphatic rings. The van der Waals surface area contributed by atoms with Crippen LogP contribution in [0.3, 0.4) is 0 Å². The Morgan fingerprint density at radius 1 is 1.27 bits per heavy atom. The molecule has 1 amide bonds. The largest absolute Gasteiger partial charge is 0.361 e. The second kappa shape index (κ2) is 10.7. The highest BCUT2D eigenvalue weighted by molar-refractivity contribution is 7.99. The van der Waals surface area contributed by atoms with Crippen molar-refractivity contribution in [2.45, 2.75) is 31.6 Å². The van der Waals surface area contributed by atoms with Gasteiger partial charge in [-0.05, 0) is 48.8 Å². The van der Waals surface area contributed by atoms with Gasteiger partial charge in [0.1, 0.15) is 0 Å². The molecule has 0 spiro atoms. The number of thiocarbonyl (C=S) groups is 1. The summed E-state index contributed by atoms with van der Waals surface area (Å²) in [5.41, 5.74) is 5.30. The zero-order chi connectivity index (χ0) is 16.4. The fraction of sp³-hybridized carbons (Fsp3) is 0.467. The summed E-state index contributed by atoms with van der Waals surface area (Å²) in [5, 5.41) is 4.20. The van der Waals surface area contributed by atoms with Crippen molar-refractivity contribution < 1.29 is 4.79 Å². The molecule has 0 aliphatic carbocycles. The lowest BCUT2D eigenvalue weighted by atomic mass is 10.1. The van der Waals surface area contributed by atoms with E-state index in [-0.39, 0.29) is 5.91 Å². The van der Waals surface area contributed by atoms with Crippen LogP contribution in [0.2, 0.25) is 5.02 Å². The van der Waals surface area contributed by atoms with Crippen LogP contribution >= 0.6 is 35.6 Å². The van der Waals surface area contributed by atoms with Crippen LogP contribution in [-0.4, -0.2) is 23.3 Å². The highest BCUT2D eigenvalue weighted by Gasteiger charge is 2.03. The van der Waals surface area contributed by atoms with Crippen molar-refractivity contribution in [3.8, 4) is 0 Å². The van der Waals surface area contributed by atoms with Crippen LogP contribution in [-0.2, 0) is 4.79 Å². The summed E-state index contributed by atoms with van der Waals surface area (Å²) in [6, 6.07) is 7.56. The molecule has 0 saturated carbocycles. The molecule has 0 bridgehead atoms. The molecule has 1 aromatic rings. The van der Waals surface area contributed by atoms with Gasteiger partial charge in [0.2, 0.25) is 5.91 Å². The summed E-state index contributed by atoms with van der Waals surface area (Å²) in [6.45, 7) is 5.10. The summed E-state index contributed by atoms with van der Waals surface area (Å²) in [6.07, 6.45) is 1.45. The molecule has 1 aromatic carbocycles. The smallest absolute Gasteiger partial charge is 0.239 e. The van der Waals surface area contributed by atoms with E-state index in [2.05, 4.69) is 30.0 Å². The van der Waals surface area contributed by atoms with Gasteiger partial charge in [0.05, 0.1) is 0 Å². The molecule has 0 radical (unpaired) electrons. The fourth-order valence-corrected chi connectivity index (χ4v) is 2.63. The number of hydrogen-bond acceptors (Lipinski definition) is 3. The first-order valence-electron chi connectivity index (χ1n) is 7.18. The molecule has 0 aliphatic heterocycles. The highest BCUT2D eigenvalue weighted by atomic mass is 35.5. The quantitative estimate of drug-likeness (QED) is 0.396. The lowest BCUT2D eigenvalue weighted by Gasteiger charge is -2.12. The van der Waals surface area contributed by atoms with Crippen molar-refractivity contribution >= 4 is 46.6 Å². The lowest BCUT2D eigenvalue weighted by Crippen LogP contribution is -2.47. The minimum atomic E-state index is -0.0885. The molecule has 0 unspecified atom stereocenters. The zero-order valence-electron chi connectivity index (χ0n) is 12.8. The molecule has 0 saturated heterocycles. The molecule has 0 heterocycles. The molecular weight excluding hydrogens is 338 g/mol. The molecule has 22 heavy (non-hydrogen) atoms. The van der Waals surface area contributed by atoms with Gasteiger partial charge >= 0.3 is 0 Å². The van der Waals surface area contributed by atoms with E-state index in [0.717, 1.165) is 17.9 Å². The van der Waals surface area contributed by atoms with Gasteiger partial charge in [0.25, 0.3) is 0 Å². The number of rotatable bonds is 7. The third-order valence-corrected chi connectivity index (χ3v) is 4.25. The van der Waals surface area contributed by atoms with Gasteiger partial charge in [-0.2, -0.15) is 0 Å². The third kappa shape index (κ3) is 9.12. The molecule has 0 aromatic heterocycles. The average Bonchev–Trinajstić information content (AvgIpc) is 2.47. The number of hydrogen-bond donors (Lipinski definition) is 3. The van der Waals surface area contributed by atoms with Crippen molar-refractivity contribution in [3.63, 3.8) is 0 Å². The molecule has 0 fully saturated rings. The number of carbonyl (C=O) groups is 1. The van der Waals surface area contributed by atoms with E-state index in [0.29, 0.717) is 28.2 Å². The van der Waals surface area contributed by atoms with Gasteiger partial charge in [-0.25, -0.2) is 0 Å². The van der Waals surface area contributed by atoms with Crippen LogP contribution in [0.25, 0.3) is 0 Å². The number of amides is 1. The van der Waals surface area contributed by atoms with Crippen molar-refractivity contribution in [3.05, 3.63) is 29.3 Å². The van der Waals surface area contributed by atoms with Crippen LogP contribution < -0.4 is 16.2 Å². The van der Waals surface area contributed by atoms with Gasteiger partial charge in [0.15, 0.2) is 5.11 Å². The third-order valence-electron chi connectivity index (χ3n) is 2.73. The average molecular weight is 360 g/mol. The molecule has 1 rings (SSSR count). The number of carbonyl (C=O) groups excluding carboxylic acids is 1. The normalized spacial score (nSPS) is 10.4. The van der Waals surface area contributed by atoms with Gasteiger partial charge in [-0.1, -0.05) is 25.4 Å². The molecule has 4 nitrogen and oxygen atoms in total. The van der Waals surface area contributed by atoms with E-state index in [1.807, 2.05) is 24.3 Å². The zero-order valence-corrected chi connectivity index (χ0v) is 15.2. The van der Waals surface area contributed by atoms with Gasteiger partial charge < -0.3 is 5.32 Å². The maximum absolute atomic E-state index is 11.7. The first kappa shape index (κ1) is 19.1. The van der Waals surface area contributed by atoms with E-state index in [4.69, 9.17) is 23.8 Å². The molecular formula is C15H22ClN3OS2. The first-order valence-corrected chi connectivity index (χ1v) is 8.95. The Hall–Kier alpha value is -0.980. The first-order chi connectivity index (χ1) is 10.5. The molecule has 7 heteroatoms. The number of benzene rings is 1. The summed E-state index contributed by atoms with van der Waals surface area (Å²) in [4.78, 5) is 12.8. The van der Waals surface area contributed by atoms with Crippen molar-refractivity contribution in [2.75, 3.05) is 12.3 Å². The summed E-state index contributed by atoms with van der Waals surface area (Å²) in [7, 11) is 0. The van der Waals surface area contributed by atoms with E-state index in [1.54, 1.807) is 11.8 Å². The van der Waals surface area contributed by atoms with Crippen molar-refractivity contribution in [2.24, 2.45) is 5.92 Å². The summed E-state index contributed by atoms with van der Waals surface area (Å²) < 4.78 is 0. The predicted octanol–water partition coefficient (Wildman–Crippen LogP) is 3.36. The highest BCUT2D eigenvalue weighted by Crippen LogP contribution is 2.20. The SMILES string of the molecule is CC(C)CCNC(=S)NNC(=O)CCSc1ccc(Cl)cc1. The Bertz CT molecular complexity index is 480. The molecule has 122 valence electrons. The number of thioether (sulfide) groups is 1. The fourth-order valence-electron chi connectivity index (χ4n) is 1.50. The second-order valence-electron chi connectivity index (χ2n) is 5.16. The Balaban J connectivity index is 2.10. The second-order valence-corrected chi connectivity index (χ2v) is 7.18. The Morgan fingerprint density at radius 2 is 1.95 bits per heavy atom. The molecule has 3 N–H and O–H groups in total. The van der Waals surface area contributed by atoms with Crippen molar-refractivity contribution in [1.29, 1.82) is 0 Å². The Labute approximate surface area is 146 Å². The van der Waals surface area contributed by atoms with Gasteiger partial charge in [0, 0.05) is 28.6 Å². The maximum Gasteiger partial charge on any atom is 0.239 e. The predicted molar refractivity (Wildman–Crippen MR) is 98.1 cm³/mol. The van der Waals surface area contributed by atoms with E-state index in [9.17, 15) is 4.79 Å². The van der Waals surface area contributed by atoms with Crippen molar-refractivity contribution in [1.82, 2.24) is 16.2 Å². The van der Waals surface area contributed by atoms with E-state index in [1.165, 1.54) is 0 Å². The standard InChI is InChI=1S/C15H22ClN3OS2/c1-11(2)7-9-17-15(21)19-18-14(20)8-10-22-13-5-3-12(16)4-6-13/h3-6,11H,7-10H2,1-2H3,(H,18,20)(H2,17,19,21). The number of halogens is 1. The Morgan fingerprint density at radius 3 is 2.59 bits per heavy atom. The summed E-state index contributed by atoms with van der Waals surface area (Å²) >= 11 is 12.5. The van der Waals surface area contributed by atoms with Crippen LogP contribution in [0.1, 0.15) is 26.7 Å². The van der Waals surface area contributed by atoms with Gasteiger partial charge in [-0.15, -0.1) is 11.8 Å². The monoisotopic (exact) mass is 359 g/mol. The Kier molecular flexibility index (Phi) is 9.27. The van der Waals surface area contributed by atoms with Crippen LogP contribution in [0.5, 0.6) is 0 Å². The molecule has 0 atom stereocenters. The van der Waals surface area contributed by atoms with Crippen LogP contribution in [0.15, 0.2) is 29.2 Å².